The Balaban J connectivity index is 1.60. The second-order valence-corrected chi connectivity index (χ2v) is 8.33. The third-order valence-electron chi connectivity index (χ3n) is 5.39. The summed E-state index contributed by atoms with van der Waals surface area (Å²) in [6.45, 7) is 2.42. The summed E-state index contributed by atoms with van der Waals surface area (Å²) >= 11 is 1.68. The largest absolute Gasteiger partial charge is 0.468 e. The van der Waals surface area contributed by atoms with Gasteiger partial charge in [-0.15, -0.1) is 11.8 Å². The van der Waals surface area contributed by atoms with Gasteiger partial charge >= 0.3 is 0 Å². The molecule has 2 aromatic carbocycles. The Morgan fingerprint density at radius 2 is 1.93 bits per heavy atom. The highest BCUT2D eigenvalue weighted by molar-refractivity contribution is 7.99. The highest BCUT2D eigenvalue weighted by atomic mass is 32.2. The van der Waals surface area contributed by atoms with Crippen molar-refractivity contribution in [3.05, 3.63) is 60.2 Å². The Kier molecular flexibility index (Phi) is 4.60. The zero-order chi connectivity index (χ0) is 19.0. The predicted molar refractivity (Wildman–Crippen MR) is 104 cm³/mol. The third-order valence-corrected chi connectivity index (χ3v) is 6.38. The predicted octanol–water partition coefficient (Wildman–Crippen LogP) is 3.00. The summed E-state index contributed by atoms with van der Waals surface area (Å²) in [7, 11) is 0. The Labute approximate surface area is 162 Å². The second-order valence-electron chi connectivity index (χ2n) is 7.16. The van der Waals surface area contributed by atoms with Crippen molar-refractivity contribution in [3.63, 3.8) is 0 Å². The number of carbonyl (C=O) groups excluding carboxylic acids is 2. The van der Waals surface area contributed by atoms with E-state index in [-0.39, 0.29) is 11.8 Å². The third kappa shape index (κ3) is 3.18. The van der Waals surface area contributed by atoms with Crippen LogP contribution < -0.4 is 10.5 Å². The van der Waals surface area contributed by atoms with Crippen LogP contribution in [0.5, 0.6) is 5.75 Å². The number of thioether (sulfide) groups is 1. The lowest BCUT2D eigenvalue weighted by Crippen LogP contribution is -2.64. The number of piperidine rings is 1. The van der Waals surface area contributed by atoms with Gasteiger partial charge in [0.1, 0.15) is 11.7 Å². The van der Waals surface area contributed by atoms with E-state index in [0.717, 1.165) is 16.2 Å². The summed E-state index contributed by atoms with van der Waals surface area (Å²) in [6.07, 6.45) is 0.569. The van der Waals surface area contributed by atoms with Gasteiger partial charge in [0.15, 0.2) is 5.72 Å². The van der Waals surface area contributed by atoms with Gasteiger partial charge in [-0.25, -0.2) is 0 Å². The van der Waals surface area contributed by atoms with Crippen LogP contribution in [0.4, 0.5) is 0 Å². The van der Waals surface area contributed by atoms with Gasteiger partial charge in [-0.3, -0.25) is 9.59 Å². The normalized spacial score (nSPS) is 26.3. The fraction of sp³-hybridized carbons (Fsp3) is 0.333. The molecule has 0 spiro atoms. The molecule has 6 heteroatoms. The van der Waals surface area contributed by atoms with Crippen LogP contribution in [-0.2, 0) is 9.59 Å². The number of carbonyl (C=O) groups is 2. The molecule has 0 radical (unpaired) electrons. The van der Waals surface area contributed by atoms with Crippen LogP contribution in [-0.4, -0.2) is 34.7 Å². The molecule has 0 unspecified atom stereocenters. The molecule has 5 nitrogen and oxygen atoms in total. The minimum absolute atomic E-state index is 0.232. The first-order valence-corrected chi connectivity index (χ1v) is 10.0. The molecule has 0 aliphatic carbocycles. The zero-order valence-electron chi connectivity index (χ0n) is 15.1. The molecule has 27 heavy (non-hydrogen) atoms. The number of likely N-dealkylation sites (tertiary alicyclic amines) is 1. The lowest BCUT2D eigenvalue weighted by Gasteiger charge is -2.52. The number of para-hydroxylation sites is 1. The molecule has 2 bridgehead atoms. The summed E-state index contributed by atoms with van der Waals surface area (Å²) in [5.74, 6) is -0.426. The molecule has 140 valence electrons. The number of rotatable bonds is 5. The molecule has 3 atom stereocenters. The molecule has 2 aliphatic heterocycles. The van der Waals surface area contributed by atoms with E-state index in [2.05, 4.69) is 0 Å². The van der Waals surface area contributed by atoms with Crippen molar-refractivity contribution < 1.29 is 14.3 Å². The summed E-state index contributed by atoms with van der Waals surface area (Å²) < 4.78 is 6.25. The van der Waals surface area contributed by atoms with E-state index in [1.165, 1.54) is 0 Å². The van der Waals surface area contributed by atoms with E-state index in [4.69, 9.17) is 10.5 Å². The van der Waals surface area contributed by atoms with E-state index in [1.54, 1.807) is 16.7 Å². The summed E-state index contributed by atoms with van der Waals surface area (Å²) in [5.41, 5.74) is 5.77. The molecular formula is C21H22N2O3S. The van der Waals surface area contributed by atoms with Crippen LogP contribution in [0.25, 0.3) is 0 Å². The highest BCUT2D eigenvalue weighted by Gasteiger charge is 2.55. The Hall–Kier alpha value is -2.47. The van der Waals surface area contributed by atoms with E-state index in [1.807, 2.05) is 61.5 Å². The fourth-order valence-corrected chi connectivity index (χ4v) is 5.01. The van der Waals surface area contributed by atoms with Crippen molar-refractivity contribution in [1.29, 1.82) is 0 Å². The average molecular weight is 382 g/mol. The summed E-state index contributed by atoms with van der Waals surface area (Å²) in [4.78, 5) is 28.2. The van der Waals surface area contributed by atoms with Gasteiger partial charge in [-0.2, -0.15) is 0 Å². The van der Waals surface area contributed by atoms with E-state index >= 15 is 0 Å². The standard InChI is InChI=1S/C21H22N2O3S/c1-21-13-16(15-9-5-6-10-17(15)26-21)18(19(22)24)20(25)23(21)11-12-27-14-7-3-2-4-8-14/h2-10,16,18H,11-13H2,1H3,(H2,22,24)/t16-,18-,21-/m0/s1. The van der Waals surface area contributed by atoms with Crippen molar-refractivity contribution >= 4 is 23.6 Å². The molecule has 0 aromatic heterocycles. The average Bonchev–Trinajstić information content (AvgIpc) is 2.65. The quantitative estimate of drug-likeness (QED) is 0.637. The SMILES string of the molecule is C[C@@]12C[C@@H](c3ccccc3O1)[C@@H](C(N)=O)C(=O)N2CCSc1ccccc1. The number of fused-ring (bicyclic) bond motifs is 4. The van der Waals surface area contributed by atoms with Gasteiger partial charge in [0.25, 0.3) is 0 Å². The van der Waals surface area contributed by atoms with Gasteiger partial charge in [0.2, 0.25) is 11.8 Å². The van der Waals surface area contributed by atoms with E-state index in [0.29, 0.717) is 18.7 Å². The number of benzene rings is 2. The summed E-state index contributed by atoms with van der Waals surface area (Å²) in [5, 5.41) is 0. The first-order valence-electron chi connectivity index (χ1n) is 9.06. The lowest BCUT2D eigenvalue weighted by atomic mass is 9.73. The summed E-state index contributed by atoms with van der Waals surface area (Å²) in [6, 6.07) is 17.7. The minimum atomic E-state index is -0.843. The molecule has 1 saturated heterocycles. The van der Waals surface area contributed by atoms with Crippen molar-refractivity contribution in [2.45, 2.75) is 29.9 Å². The van der Waals surface area contributed by atoms with Crippen LogP contribution in [0.3, 0.4) is 0 Å². The van der Waals surface area contributed by atoms with Gasteiger partial charge in [-0.1, -0.05) is 36.4 Å². The maximum atomic E-state index is 13.2. The molecule has 2 aromatic rings. The van der Waals surface area contributed by atoms with Crippen LogP contribution >= 0.6 is 11.8 Å². The Morgan fingerprint density at radius 1 is 1.22 bits per heavy atom. The topological polar surface area (TPSA) is 72.6 Å². The van der Waals surface area contributed by atoms with Gasteiger partial charge in [0, 0.05) is 29.5 Å². The molecule has 2 heterocycles. The molecule has 4 rings (SSSR count). The molecule has 2 aliphatic rings. The number of hydrogen-bond donors (Lipinski definition) is 1. The van der Waals surface area contributed by atoms with Crippen molar-refractivity contribution in [3.8, 4) is 5.75 Å². The maximum absolute atomic E-state index is 13.2. The number of nitrogens with zero attached hydrogens (tertiary/aromatic N) is 1. The van der Waals surface area contributed by atoms with Crippen molar-refractivity contribution in [2.24, 2.45) is 11.7 Å². The minimum Gasteiger partial charge on any atom is -0.468 e. The first-order chi connectivity index (χ1) is 13.0. The lowest BCUT2D eigenvalue weighted by molar-refractivity contribution is -0.174. The van der Waals surface area contributed by atoms with Crippen molar-refractivity contribution in [1.82, 2.24) is 4.90 Å². The van der Waals surface area contributed by atoms with Gasteiger partial charge in [0.05, 0.1) is 0 Å². The number of primary amides is 1. The van der Waals surface area contributed by atoms with Crippen LogP contribution in [0.15, 0.2) is 59.5 Å². The molecule has 2 N–H and O–H groups in total. The number of nitrogens with two attached hydrogens (primary N) is 1. The first kappa shape index (κ1) is 17.9. The van der Waals surface area contributed by atoms with Gasteiger partial charge in [-0.05, 0) is 30.7 Å². The van der Waals surface area contributed by atoms with Crippen LogP contribution in [0, 0.1) is 5.92 Å². The van der Waals surface area contributed by atoms with Crippen molar-refractivity contribution in [2.75, 3.05) is 12.3 Å². The molecule has 2 amide bonds. The van der Waals surface area contributed by atoms with Gasteiger partial charge < -0.3 is 15.4 Å². The fourth-order valence-electron chi connectivity index (χ4n) is 4.15. The molecule has 0 saturated carbocycles. The maximum Gasteiger partial charge on any atom is 0.238 e. The van der Waals surface area contributed by atoms with Crippen LogP contribution in [0.2, 0.25) is 0 Å². The monoisotopic (exact) mass is 382 g/mol. The zero-order valence-corrected chi connectivity index (χ0v) is 15.9. The highest BCUT2D eigenvalue weighted by Crippen LogP contribution is 2.50. The molecule has 1 fully saturated rings. The second kappa shape index (κ2) is 6.93. The number of amides is 2. The number of hydrogen-bond acceptors (Lipinski definition) is 4. The van der Waals surface area contributed by atoms with E-state index < -0.39 is 17.6 Å². The smallest absolute Gasteiger partial charge is 0.238 e. The Bertz CT molecular complexity index is 873. The van der Waals surface area contributed by atoms with Crippen LogP contribution in [0.1, 0.15) is 24.8 Å². The van der Waals surface area contributed by atoms with E-state index in [9.17, 15) is 9.59 Å². The Morgan fingerprint density at radius 3 is 2.67 bits per heavy atom. The molecular weight excluding hydrogens is 360 g/mol. The number of ether oxygens (including phenoxy) is 1.